The fourth-order valence-electron chi connectivity index (χ4n) is 4.55. The third-order valence-electron chi connectivity index (χ3n) is 6.35. The van der Waals surface area contributed by atoms with E-state index in [9.17, 15) is 9.00 Å². The molecule has 1 aliphatic carbocycles. The van der Waals surface area contributed by atoms with Gasteiger partial charge in [0.05, 0.1) is 10.8 Å². The molecule has 0 radical (unpaired) electrons. The first-order chi connectivity index (χ1) is 14.0. The van der Waals surface area contributed by atoms with Crippen LogP contribution in [0.5, 0.6) is 0 Å². The Hall–Kier alpha value is -1.66. The minimum Gasteiger partial charge on any atom is -0.334 e. The standard InChI is InChI=1S/C23H27BrN2O2S/c1-3-23(17-7-8-17)15-26(21-12-9-18(24)13-20(21)23)22(27)25-14-16-5-10-19(11-6-16)29(28)4-2/h5-6,9-13,17H,3-4,7-8,14-15H2,1-2H3,(H,25,27). The molecule has 1 heterocycles. The second-order valence-corrected chi connectivity index (χ2v) is 10.6. The highest BCUT2D eigenvalue weighted by atomic mass is 79.9. The maximum absolute atomic E-state index is 13.1. The molecule has 154 valence electrons. The van der Waals surface area contributed by atoms with Gasteiger partial charge in [-0.1, -0.05) is 41.9 Å². The third-order valence-corrected chi connectivity index (χ3v) is 8.17. The van der Waals surface area contributed by atoms with Gasteiger partial charge in [-0.25, -0.2) is 4.79 Å². The average molecular weight is 475 g/mol. The molecule has 1 saturated carbocycles. The van der Waals surface area contributed by atoms with Gasteiger partial charge in [0.1, 0.15) is 0 Å². The first kappa shape index (κ1) is 20.6. The minimum absolute atomic E-state index is 0.0502. The summed E-state index contributed by atoms with van der Waals surface area (Å²) in [6, 6.07) is 13.9. The van der Waals surface area contributed by atoms with E-state index in [0.29, 0.717) is 18.2 Å². The quantitative estimate of drug-likeness (QED) is 0.611. The average Bonchev–Trinajstić information content (AvgIpc) is 3.55. The van der Waals surface area contributed by atoms with Gasteiger partial charge in [-0.3, -0.25) is 9.11 Å². The van der Waals surface area contributed by atoms with Crippen molar-refractivity contribution in [1.82, 2.24) is 5.32 Å². The zero-order chi connectivity index (χ0) is 20.6. The smallest absolute Gasteiger partial charge is 0.322 e. The van der Waals surface area contributed by atoms with Crippen LogP contribution in [0, 0.1) is 5.92 Å². The van der Waals surface area contributed by atoms with E-state index < -0.39 is 10.8 Å². The van der Waals surface area contributed by atoms with Crippen molar-refractivity contribution in [3.8, 4) is 0 Å². The van der Waals surface area contributed by atoms with E-state index in [1.807, 2.05) is 42.2 Å². The Labute approximate surface area is 183 Å². The molecule has 29 heavy (non-hydrogen) atoms. The number of halogens is 1. The predicted molar refractivity (Wildman–Crippen MR) is 122 cm³/mol. The predicted octanol–water partition coefficient (Wildman–Crippen LogP) is 5.36. The van der Waals surface area contributed by atoms with Crippen molar-refractivity contribution in [3.63, 3.8) is 0 Å². The number of nitrogens with one attached hydrogen (secondary N) is 1. The van der Waals surface area contributed by atoms with Gasteiger partial charge in [0.15, 0.2) is 0 Å². The highest BCUT2D eigenvalue weighted by Crippen LogP contribution is 2.56. The number of rotatable bonds is 6. The summed E-state index contributed by atoms with van der Waals surface area (Å²) in [5.74, 6) is 1.28. The molecule has 4 rings (SSSR count). The largest absolute Gasteiger partial charge is 0.334 e. The number of hydrogen-bond acceptors (Lipinski definition) is 2. The molecular weight excluding hydrogens is 448 g/mol. The number of carbonyl (C=O) groups excluding carboxylic acids is 1. The Balaban J connectivity index is 1.50. The van der Waals surface area contributed by atoms with Crippen molar-refractivity contribution in [2.75, 3.05) is 17.2 Å². The Morgan fingerprint density at radius 1 is 1.21 bits per heavy atom. The number of fused-ring (bicyclic) bond motifs is 1. The molecule has 0 bridgehead atoms. The van der Waals surface area contributed by atoms with Crippen molar-refractivity contribution in [2.24, 2.45) is 5.92 Å². The summed E-state index contributed by atoms with van der Waals surface area (Å²) in [6.45, 7) is 5.36. The van der Waals surface area contributed by atoms with Gasteiger partial charge in [0.2, 0.25) is 0 Å². The summed E-state index contributed by atoms with van der Waals surface area (Å²) >= 11 is 3.61. The first-order valence-corrected chi connectivity index (χ1v) is 12.4. The van der Waals surface area contributed by atoms with Gasteiger partial charge in [-0.2, -0.15) is 0 Å². The van der Waals surface area contributed by atoms with Crippen molar-refractivity contribution < 1.29 is 9.00 Å². The molecule has 1 aliphatic heterocycles. The van der Waals surface area contributed by atoms with Crippen LogP contribution in [-0.2, 0) is 22.8 Å². The molecule has 2 aromatic rings. The van der Waals surface area contributed by atoms with Crippen LogP contribution in [0.3, 0.4) is 0 Å². The molecule has 1 fully saturated rings. The van der Waals surface area contributed by atoms with Crippen LogP contribution in [-0.4, -0.2) is 22.5 Å². The van der Waals surface area contributed by atoms with E-state index in [0.717, 1.165) is 33.6 Å². The lowest BCUT2D eigenvalue weighted by molar-refractivity contribution is 0.244. The van der Waals surface area contributed by atoms with Crippen LogP contribution in [0.25, 0.3) is 0 Å². The van der Waals surface area contributed by atoms with Gasteiger partial charge < -0.3 is 5.32 Å². The maximum atomic E-state index is 13.1. The minimum atomic E-state index is -0.948. The van der Waals surface area contributed by atoms with Crippen LogP contribution in [0.15, 0.2) is 51.8 Å². The van der Waals surface area contributed by atoms with Crippen LogP contribution < -0.4 is 10.2 Å². The Morgan fingerprint density at radius 3 is 2.55 bits per heavy atom. The van der Waals surface area contributed by atoms with Gasteiger partial charge in [-0.05, 0) is 66.6 Å². The summed E-state index contributed by atoms with van der Waals surface area (Å²) in [5, 5.41) is 3.08. The van der Waals surface area contributed by atoms with Crippen LogP contribution in [0.1, 0.15) is 44.2 Å². The van der Waals surface area contributed by atoms with E-state index in [-0.39, 0.29) is 11.4 Å². The maximum Gasteiger partial charge on any atom is 0.322 e. The Kier molecular flexibility index (Phi) is 5.85. The van der Waals surface area contributed by atoms with Crippen LogP contribution >= 0.6 is 15.9 Å². The van der Waals surface area contributed by atoms with Gasteiger partial charge >= 0.3 is 6.03 Å². The number of anilines is 1. The van der Waals surface area contributed by atoms with E-state index in [1.54, 1.807) is 0 Å². The molecule has 1 N–H and O–H groups in total. The number of carbonyl (C=O) groups is 1. The number of urea groups is 1. The van der Waals surface area contributed by atoms with Crippen molar-refractivity contribution in [3.05, 3.63) is 58.1 Å². The number of nitrogens with zero attached hydrogens (tertiary/aromatic N) is 1. The fraction of sp³-hybridized carbons (Fsp3) is 0.435. The summed E-state index contributed by atoms with van der Waals surface area (Å²) in [7, 11) is -0.948. The lowest BCUT2D eigenvalue weighted by atomic mass is 9.75. The monoisotopic (exact) mass is 474 g/mol. The van der Waals surface area contributed by atoms with Gasteiger partial charge in [0, 0.05) is 39.3 Å². The van der Waals surface area contributed by atoms with Gasteiger partial charge in [0.25, 0.3) is 0 Å². The van der Waals surface area contributed by atoms with E-state index >= 15 is 0 Å². The lowest BCUT2D eigenvalue weighted by Crippen LogP contribution is -2.43. The number of amides is 2. The van der Waals surface area contributed by atoms with E-state index in [2.05, 4.69) is 40.3 Å². The number of benzene rings is 2. The normalized spacial score (nSPS) is 21.7. The molecule has 2 atom stereocenters. The second kappa shape index (κ2) is 8.23. The first-order valence-electron chi connectivity index (χ1n) is 10.3. The molecule has 6 heteroatoms. The van der Waals surface area contributed by atoms with Crippen molar-refractivity contribution >= 4 is 38.4 Å². The molecule has 2 amide bonds. The van der Waals surface area contributed by atoms with Gasteiger partial charge in [-0.15, -0.1) is 0 Å². The highest BCUT2D eigenvalue weighted by Gasteiger charge is 2.52. The van der Waals surface area contributed by atoms with E-state index in [1.165, 1.54) is 18.4 Å². The van der Waals surface area contributed by atoms with Crippen molar-refractivity contribution in [2.45, 2.75) is 50.0 Å². The molecule has 2 aliphatic rings. The summed E-state index contributed by atoms with van der Waals surface area (Å²) in [4.78, 5) is 15.8. The zero-order valence-corrected chi connectivity index (χ0v) is 19.3. The number of hydrogen-bond donors (Lipinski definition) is 1. The summed E-state index contributed by atoms with van der Waals surface area (Å²) in [6.07, 6.45) is 3.54. The van der Waals surface area contributed by atoms with Crippen LogP contribution in [0.4, 0.5) is 10.5 Å². The SMILES string of the molecule is CCS(=O)c1ccc(CNC(=O)N2CC(CC)(C3CC3)c3cc(Br)ccc32)cc1. The molecular formula is C23H27BrN2O2S. The molecule has 0 spiro atoms. The topological polar surface area (TPSA) is 49.4 Å². The second-order valence-electron chi connectivity index (χ2n) is 7.97. The van der Waals surface area contributed by atoms with E-state index in [4.69, 9.17) is 0 Å². The molecule has 0 saturated heterocycles. The zero-order valence-electron chi connectivity index (χ0n) is 16.9. The van der Waals surface area contributed by atoms with Crippen molar-refractivity contribution in [1.29, 1.82) is 0 Å². The van der Waals surface area contributed by atoms with Crippen LogP contribution in [0.2, 0.25) is 0 Å². The molecule has 4 nitrogen and oxygen atoms in total. The highest BCUT2D eigenvalue weighted by molar-refractivity contribution is 9.10. The molecule has 2 aromatic carbocycles. The Bertz CT molecular complexity index is 942. The fourth-order valence-corrected chi connectivity index (χ4v) is 5.68. The molecule has 2 unspecified atom stereocenters. The Morgan fingerprint density at radius 2 is 1.93 bits per heavy atom. The summed E-state index contributed by atoms with van der Waals surface area (Å²) in [5.41, 5.74) is 3.42. The lowest BCUT2D eigenvalue weighted by Gasteiger charge is -2.29. The summed E-state index contributed by atoms with van der Waals surface area (Å²) < 4.78 is 13.0. The third kappa shape index (κ3) is 3.89. The molecule has 0 aromatic heterocycles.